The summed E-state index contributed by atoms with van der Waals surface area (Å²) in [6, 6.07) is 19.1. The first-order valence-corrected chi connectivity index (χ1v) is 10.3. The summed E-state index contributed by atoms with van der Waals surface area (Å²) in [4.78, 5) is 9.16. The number of benzene rings is 3. The molecule has 30 heavy (non-hydrogen) atoms. The SMILES string of the molecule is COc1cc(-c2cc(N[C@@H]3CCCc4ccccc43)cc3nccnc23)ccc1N. The number of nitrogens with one attached hydrogen (secondary N) is 1. The highest BCUT2D eigenvalue weighted by atomic mass is 16.5. The Hall–Kier alpha value is -3.60. The van der Waals surface area contributed by atoms with Gasteiger partial charge in [0.05, 0.1) is 29.9 Å². The molecule has 150 valence electrons. The van der Waals surface area contributed by atoms with Crippen molar-refractivity contribution in [2.45, 2.75) is 25.3 Å². The fourth-order valence-electron chi connectivity index (χ4n) is 4.36. The Balaban J connectivity index is 1.60. The number of anilines is 2. The largest absolute Gasteiger partial charge is 0.495 e. The summed E-state index contributed by atoms with van der Waals surface area (Å²) >= 11 is 0. The van der Waals surface area contributed by atoms with Crippen LogP contribution in [0.15, 0.2) is 67.0 Å². The molecule has 1 aliphatic rings. The van der Waals surface area contributed by atoms with E-state index < -0.39 is 0 Å². The number of aromatic nitrogens is 2. The number of fused-ring (bicyclic) bond motifs is 2. The Morgan fingerprint density at radius 3 is 2.80 bits per heavy atom. The number of aryl methyl sites for hydroxylation is 1. The smallest absolute Gasteiger partial charge is 0.142 e. The highest BCUT2D eigenvalue weighted by Gasteiger charge is 2.20. The summed E-state index contributed by atoms with van der Waals surface area (Å²) in [6.07, 6.45) is 6.90. The van der Waals surface area contributed by atoms with Gasteiger partial charge in [0, 0.05) is 23.6 Å². The van der Waals surface area contributed by atoms with Crippen molar-refractivity contribution in [3.05, 3.63) is 78.1 Å². The lowest BCUT2D eigenvalue weighted by molar-refractivity contribution is 0.417. The second-order valence-electron chi connectivity index (χ2n) is 7.69. The summed E-state index contributed by atoms with van der Waals surface area (Å²) < 4.78 is 5.43. The average molecular weight is 396 g/mol. The molecule has 0 fully saturated rings. The predicted molar refractivity (Wildman–Crippen MR) is 122 cm³/mol. The van der Waals surface area contributed by atoms with Gasteiger partial charge in [-0.15, -0.1) is 0 Å². The van der Waals surface area contributed by atoms with E-state index in [1.165, 1.54) is 17.5 Å². The Labute approximate surface area is 175 Å². The topological polar surface area (TPSA) is 73.1 Å². The molecule has 4 aromatic rings. The van der Waals surface area contributed by atoms with Crippen LogP contribution in [0.2, 0.25) is 0 Å². The Morgan fingerprint density at radius 1 is 1.03 bits per heavy atom. The van der Waals surface area contributed by atoms with Crippen LogP contribution in [0.1, 0.15) is 30.0 Å². The van der Waals surface area contributed by atoms with Crippen molar-refractivity contribution in [3.63, 3.8) is 0 Å². The molecule has 0 bridgehead atoms. The van der Waals surface area contributed by atoms with Gasteiger partial charge in [-0.1, -0.05) is 30.3 Å². The van der Waals surface area contributed by atoms with Gasteiger partial charge >= 0.3 is 0 Å². The lowest BCUT2D eigenvalue weighted by Gasteiger charge is -2.27. The number of nitrogens with zero attached hydrogens (tertiary/aromatic N) is 2. The van der Waals surface area contributed by atoms with E-state index in [2.05, 4.69) is 51.7 Å². The highest BCUT2D eigenvalue weighted by Crippen LogP contribution is 2.37. The molecule has 0 saturated heterocycles. The summed E-state index contributed by atoms with van der Waals surface area (Å²) in [6.45, 7) is 0. The van der Waals surface area contributed by atoms with Crippen LogP contribution in [-0.4, -0.2) is 17.1 Å². The first-order chi connectivity index (χ1) is 14.7. The summed E-state index contributed by atoms with van der Waals surface area (Å²) in [7, 11) is 1.63. The molecule has 1 aromatic heterocycles. The zero-order chi connectivity index (χ0) is 20.5. The standard InChI is InChI=1S/C25H24N4O/c1-30-24-13-17(9-10-21(24)26)20-14-18(15-23-25(20)28-12-11-27-23)29-22-8-4-6-16-5-2-3-7-19(16)22/h2-3,5,7,9-15,22,29H,4,6,8,26H2,1H3/t22-/m1/s1. The van der Waals surface area contributed by atoms with Gasteiger partial charge in [-0.3, -0.25) is 9.97 Å². The number of methoxy groups -OCH3 is 1. The molecule has 3 N–H and O–H groups in total. The van der Waals surface area contributed by atoms with E-state index in [0.29, 0.717) is 11.4 Å². The third kappa shape index (κ3) is 3.32. The molecule has 0 unspecified atom stereocenters. The van der Waals surface area contributed by atoms with Crippen LogP contribution in [0.3, 0.4) is 0 Å². The molecule has 1 atom stereocenters. The molecule has 5 nitrogen and oxygen atoms in total. The van der Waals surface area contributed by atoms with E-state index in [1.54, 1.807) is 19.5 Å². The van der Waals surface area contributed by atoms with Crippen LogP contribution in [0, 0.1) is 0 Å². The van der Waals surface area contributed by atoms with Crippen molar-refractivity contribution in [2.24, 2.45) is 0 Å². The quantitative estimate of drug-likeness (QED) is 0.453. The minimum absolute atomic E-state index is 0.290. The number of nitrogen functional groups attached to an aromatic ring is 1. The van der Waals surface area contributed by atoms with Gasteiger partial charge in [0.2, 0.25) is 0 Å². The van der Waals surface area contributed by atoms with E-state index >= 15 is 0 Å². The normalized spacial score (nSPS) is 15.6. The average Bonchev–Trinajstić information content (AvgIpc) is 2.79. The minimum atomic E-state index is 0.290. The maximum absolute atomic E-state index is 6.02. The molecule has 0 spiro atoms. The van der Waals surface area contributed by atoms with Gasteiger partial charge in [-0.2, -0.15) is 0 Å². The summed E-state index contributed by atoms with van der Waals surface area (Å²) in [5.41, 5.74) is 14.2. The molecule has 0 aliphatic heterocycles. The van der Waals surface area contributed by atoms with Crippen LogP contribution in [0.4, 0.5) is 11.4 Å². The second kappa shape index (κ2) is 7.67. The fourth-order valence-corrected chi connectivity index (χ4v) is 4.36. The Kier molecular flexibility index (Phi) is 4.71. The van der Waals surface area contributed by atoms with Crippen molar-refractivity contribution >= 4 is 22.4 Å². The zero-order valence-electron chi connectivity index (χ0n) is 16.9. The van der Waals surface area contributed by atoms with E-state index in [0.717, 1.165) is 40.7 Å². The third-order valence-electron chi connectivity index (χ3n) is 5.83. The van der Waals surface area contributed by atoms with Crippen molar-refractivity contribution in [1.82, 2.24) is 9.97 Å². The molecule has 5 heteroatoms. The lowest BCUT2D eigenvalue weighted by atomic mass is 9.87. The van der Waals surface area contributed by atoms with E-state index in [1.807, 2.05) is 18.2 Å². The monoisotopic (exact) mass is 396 g/mol. The van der Waals surface area contributed by atoms with Crippen LogP contribution in [-0.2, 0) is 6.42 Å². The van der Waals surface area contributed by atoms with Crippen molar-refractivity contribution in [3.8, 4) is 16.9 Å². The predicted octanol–water partition coefficient (Wildman–Crippen LogP) is 5.38. The van der Waals surface area contributed by atoms with Crippen LogP contribution in [0.5, 0.6) is 5.75 Å². The van der Waals surface area contributed by atoms with Crippen molar-refractivity contribution < 1.29 is 4.74 Å². The van der Waals surface area contributed by atoms with Gasteiger partial charge < -0.3 is 15.8 Å². The van der Waals surface area contributed by atoms with Gasteiger partial charge in [0.1, 0.15) is 5.75 Å². The highest BCUT2D eigenvalue weighted by molar-refractivity contribution is 5.95. The number of hydrogen-bond donors (Lipinski definition) is 2. The maximum Gasteiger partial charge on any atom is 0.142 e. The van der Waals surface area contributed by atoms with Gasteiger partial charge in [-0.25, -0.2) is 0 Å². The van der Waals surface area contributed by atoms with Crippen LogP contribution in [0.25, 0.3) is 22.2 Å². The molecule has 0 saturated carbocycles. The molecule has 5 rings (SSSR count). The zero-order valence-corrected chi connectivity index (χ0v) is 16.9. The fraction of sp³-hybridized carbons (Fsp3) is 0.200. The van der Waals surface area contributed by atoms with Gasteiger partial charge in [0.25, 0.3) is 0 Å². The number of hydrogen-bond acceptors (Lipinski definition) is 5. The molecule has 0 radical (unpaired) electrons. The molecular formula is C25H24N4O. The lowest BCUT2D eigenvalue weighted by Crippen LogP contribution is -2.17. The van der Waals surface area contributed by atoms with Gasteiger partial charge in [-0.05, 0) is 60.2 Å². The van der Waals surface area contributed by atoms with E-state index in [9.17, 15) is 0 Å². The molecule has 3 aromatic carbocycles. The first-order valence-electron chi connectivity index (χ1n) is 10.3. The minimum Gasteiger partial charge on any atom is -0.495 e. The second-order valence-corrected chi connectivity index (χ2v) is 7.69. The number of nitrogens with two attached hydrogens (primary N) is 1. The van der Waals surface area contributed by atoms with Crippen molar-refractivity contribution in [1.29, 1.82) is 0 Å². The molecular weight excluding hydrogens is 372 g/mol. The molecule has 1 aliphatic carbocycles. The van der Waals surface area contributed by atoms with Crippen LogP contribution >= 0.6 is 0 Å². The molecule has 1 heterocycles. The molecule has 0 amide bonds. The van der Waals surface area contributed by atoms with E-state index in [-0.39, 0.29) is 6.04 Å². The van der Waals surface area contributed by atoms with Crippen LogP contribution < -0.4 is 15.8 Å². The first kappa shape index (κ1) is 18.4. The summed E-state index contributed by atoms with van der Waals surface area (Å²) in [5, 5.41) is 3.76. The Bertz CT molecular complexity index is 1220. The Morgan fingerprint density at radius 2 is 1.90 bits per heavy atom. The van der Waals surface area contributed by atoms with Crippen molar-refractivity contribution in [2.75, 3.05) is 18.2 Å². The number of rotatable bonds is 4. The van der Waals surface area contributed by atoms with E-state index in [4.69, 9.17) is 10.5 Å². The summed E-state index contributed by atoms with van der Waals surface area (Å²) in [5.74, 6) is 0.657. The third-order valence-corrected chi connectivity index (χ3v) is 5.83. The number of ether oxygens (including phenoxy) is 1. The van der Waals surface area contributed by atoms with Gasteiger partial charge in [0.15, 0.2) is 0 Å². The maximum atomic E-state index is 6.02.